The van der Waals surface area contributed by atoms with Crippen molar-refractivity contribution in [2.75, 3.05) is 12.4 Å². The molecule has 2 aromatic rings. The van der Waals surface area contributed by atoms with Gasteiger partial charge in [0.05, 0.1) is 5.56 Å². The lowest BCUT2D eigenvalue weighted by Crippen LogP contribution is -2.18. The van der Waals surface area contributed by atoms with Crippen molar-refractivity contribution in [1.29, 1.82) is 0 Å². The third kappa shape index (κ3) is 4.49. The van der Waals surface area contributed by atoms with Crippen LogP contribution in [0.15, 0.2) is 24.3 Å². The number of thiophene rings is 1. The van der Waals surface area contributed by atoms with Crippen LogP contribution in [0.25, 0.3) is 0 Å². The van der Waals surface area contributed by atoms with Gasteiger partial charge in [-0.3, -0.25) is 9.59 Å². The molecule has 7 heteroatoms. The molecule has 0 aliphatic rings. The van der Waals surface area contributed by atoms with E-state index in [1.54, 1.807) is 25.2 Å². The predicted molar refractivity (Wildman–Crippen MR) is 102 cm³/mol. The van der Waals surface area contributed by atoms with Crippen molar-refractivity contribution in [1.82, 2.24) is 5.32 Å². The Labute approximate surface area is 156 Å². The van der Waals surface area contributed by atoms with Crippen LogP contribution in [0, 0.1) is 6.92 Å². The van der Waals surface area contributed by atoms with Gasteiger partial charge in [0.25, 0.3) is 5.91 Å². The highest BCUT2D eigenvalue weighted by Gasteiger charge is 2.21. The monoisotopic (exact) mass is 374 g/mol. The van der Waals surface area contributed by atoms with Crippen LogP contribution >= 0.6 is 11.3 Å². The molecule has 1 heterocycles. The molecule has 0 bridgehead atoms. The number of amides is 2. The molecule has 0 saturated carbocycles. The lowest BCUT2D eigenvalue weighted by Gasteiger charge is -2.07. The minimum atomic E-state index is -1.03. The van der Waals surface area contributed by atoms with E-state index in [1.807, 2.05) is 19.9 Å². The van der Waals surface area contributed by atoms with Crippen LogP contribution in [0.2, 0.25) is 0 Å². The number of anilines is 1. The second-order valence-electron chi connectivity index (χ2n) is 5.83. The summed E-state index contributed by atoms with van der Waals surface area (Å²) in [5.74, 6) is -1.45. The van der Waals surface area contributed by atoms with Gasteiger partial charge in [0.15, 0.2) is 0 Å². The average molecular weight is 374 g/mol. The van der Waals surface area contributed by atoms with Gasteiger partial charge < -0.3 is 15.7 Å². The van der Waals surface area contributed by atoms with E-state index in [-0.39, 0.29) is 23.8 Å². The Balaban J connectivity index is 2.06. The predicted octanol–water partition coefficient (Wildman–Crippen LogP) is 3.25. The Morgan fingerprint density at radius 2 is 1.96 bits per heavy atom. The van der Waals surface area contributed by atoms with E-state index >= 15 is 0 Å². The number of aromatic carboxylic acids is 1. The highest BCUT2D eigenvalue weighted by Crippen LogP contribution is 2.33. The van der Waals surface area contributed by atoms with Gasteiger partial charge in [-0.05, 0) is 43.0 Å². The molecule has 1 aromatic carbocycles. The van der Waals surface area contributed by atoms with Crippen molar-refractivity contribution in [3.05, 3.63) is 51.4 Å². The topological polar surface area (TPSA) is 95.5 Å². The van der Waals surface area contributed by atoms with E-state index in [4.69, 9.17) is 0 Å². The van der Waals surface area contributed by atoms with Crippen molar-refractivity contribution in [2.24, 2.45) is 0 Å². The van der Waals surface area contributed by atoms with Crippen LogP contribution in [0.3, 0.4) is 0 Å². The molecule has 0 atom stereocenters. The Kier molecular flexibility index (Phi) is 6.52. The van der Waals surface area contributed by atoms with Crippen molar-refractivity contribution in [3.63, 3.8) is 0 Å². The number of carboxylic acids is 1. The van der Waals surface area contributed by atoms with Crippen LogP contribution in [0.5, 0.6) is 0 Å². The van der Waals surface area contributed by atoms with Crippen molar-refractivity contribution in [3.8, 4) is 0 Å². The SMILES string of the molecule is CCc1c(C)sc(NC(=O)CCc2cccc(C(=O)NC)c2)c1C(=O)O. The fourth-order valence-electron chi connectivity index (χ4n) is 2.78. The Hall–Kier alpha value is -2.67. The summed E-state index contributed by atoms with van der Waals surface area (Å²) in [6.07, 6.45) is 1.27. The third-order valence-corrected chi connectivity index (χ3v) is 5.15. The quantitative estimate of drug-likeness (QED) is 0.693. The maximum absolute atomic E-state index is 12.3. The van der Waals surface area contributed by atoms with Gasteiger partial charge in [-0.15, -0.1) is 11.3 Å². The molecule has 2 rings (SSSR count). The summed E-state index contributed by atoms with van der Waals surface area (Å²) < 4.78 is 0. The zero-order valence-electron chi connectivity index (χ0n) is 15.0. The van der Waals surface area contributed by atoms with E-state index in [0.29, 0.717) is 23.4 Å². The van der Waals surface area contributed by atoms with Gasteiger partial charge in [0, 0.05) is 23.9 Å². The van der Waals surface area contributed by atoms with Gasteiger partial charge in [0.1, 0.15) is 5.00 Å². The number of rotatable bonds is 7. The summed E-state index contributed by atoms with van der Waals surface area (Å²) in [6, 6.07) is 7.09. The first-order valence-corrected chi connectivity index (χ1v) is 9.15. The molecular formula is C19H22N2O4S. The standard InChI is InChI=1S/C19H22N2O4S/c1-4-14-11(2)26-18(16(14)19(24)25)21-15(22)9-8-12-6-5-7-13(10-12)17(23)20-3/h5-7,10H,4,8-9H2,1-3H3,(H,20,23)(H,21,22)(H,24,25). The van der Waals surface area contributed by atoms with Crippen LogP contribution in [-0.2, 0) is 17.6 Å². The number of aryl methyl sites for hydroxylation is 2. The summed E-state index contributed by atoms with van der Waals surface area (Å²) in [7, 11) is 1.57. The van der Waals surface area contributed by atoms with Gasteiger partial charge in [-0.25, -0.2) is 4.79 Å². The summed E-state index contributed by atoms with van der Waals surface area (Å²) >= 11 is 1.29. The molecule has 26 heavy (non-hydrogen) atoms. The molecular weight excluding hydrogens is 352 g/mol. The van der Waals surface area contributed by atoms with Gasteiger partial charge in [-0.1, -0.05) is 19.1 Å². The molecule has 138 valence electrons. The fraction of sp³-hybridized carbons (Fsp3) is 0.316. The number of benzene rings is 1. The summed E-state index contributed by atoms with van der Waals surface area (Å²) in [4.78, 5) is 36.4. The molecule has 3 N–H and O–H groups in total. The fourth-order valence-corrected chi connectivity index (χ4v) is 3.93. The zero-order chi connectivity index (χ0) is 19.3. The van der Waals surface area contributed by atoms with Crippen LogP contribution < -0.4 is 10.6 Å². The molecule has 1 aromatic heterocycles. The third-order valence-electron chi connectivity index (χ3n) is 4.09. The molecule has 0 aliphatic carbocycles. The largest absolute Gasteiger partial charge is 0.478 e. The Morgan fingerprint density at radius 3 is 2.58 bits per heavy atom. The average Bonchev–Trinajstić information content (AvgIpc) is 2.94. The molecule has 0 fully saturated rings. The second-order valence-corrected chi connectivity index (χ2v) is 7.05. The normalized spacial score (nSPS) is 10.4. The molecule has 6 nitrogen and oxygen atoms in total. The van der Waals surface area contributed by atoms with Crippen molar-refractivity contribution in [2.45, 2.75) is 33.1 Å². The lowest BCUT2D eigenvalue weighted by atomic mass is 10.1. The van der Waals surface area contributed by atoms with Gasteiger partial charge in [-0.2, -0.15) is 0 Å². The Bertz CT molecular complexity index is 842. The lowest BCUT2D eigenvalue weighted by molar-refractivity contribution is -0.116. The van der Waals surface area contributed by atoms with Crippen LogP contribution in [0.4, 0.5) is 5.00 Å². The molecule has 0 unspecified atom stereocenters. The number of carbonyl (C=O) groups excluding carboxylic acids is 2. The minimum absolute atomic E-state index is 0.177. The van der Waals surface area contributed by atoms with E-state index in [1.165, 1.54) is 11.3 Å². The van der Waals surface area contributed by atoms with Crippen molar-refractivity contribution >= 4 is 34.1 Å². The van der Waals surface area contributed by atoms with E-state index in [2.05, 4.69) is 10.6 Å². The first-order valence-electron chi connectivity index (χ1n) is 8.33. The zero-order valence-corrected chi connectivity index (χ0v) is 15.8. The maximum Gasteiger partial charge on any atom is 0.339 e. The smallest absolute Gasteiger partial charge is 0.339 e. The van der Waals surface area contributed by atoms with E-state index < -0.39 is 5.97 Å². The Morgan fingerprint density at radius 1 is 1.23 bits per heavy atom. The minimum Gasteiger partial charge on any atom is -0.478 e. The molecule has 0 spiro atoms. The maximum atomic E-state index is 12.3. The first-order chi connectivity index (χ1) is 12.4. The molecule has 0 saturated heterocycles. The van der Waals surface area contributed by atoms with Crippen LogP contribution in [-0.4, -0.2) is 29.9 Å². The summed E-state index contributed by atoms with van der Waals surface area (Å²) in [5.41, 5.74) is 2.36. The number of hydrogen-bond donors (Lipinski definition) is 3. The highest BCUT2D eigenvalue weighted by atomic mass is 32.1. The number of hydrogen-bond acceptors (Lipinski definition) is 4. The van der Waals surface area contributed by atoms with Crippen LogP contribution in [0.1, 0.15) is 50.1 Å². The number of carboxylic acid groups (broad SMARTS) is 1. The number of nitrogens with one attached hydrogen (secondary N) is 2. The van der Waals surface area contributed by atoms with E-state index in [9.17, 15) is 19.5 Å². The van der Waals surface area contributed by atoms with E-state index in [0.717, 1.165) is 16.0 Å². The van der Waals surface area contributed by atoms with Gasteiger partial charge in [0.2, 0.25) is 5.91 Å². The summed E-state index contributed by atoms with van der Waals surface area (Å²) in [5, 5.41) is 15.1. The first kappa shape index (κ1) is 19.7. The van der Waals surface area contributed by atoms with Crippen molar-refractivity contribution < 1.29 is 19.5 Å². The van der Waals surface area contributed by atoms with Gasteiger partial charge >= 0.3 is 5.97 Å². The molecule has 2 amide bonds. The summed E-state index contributed by atoms with van der Waals surface area (Å²) in [6.45, 7) is 3.75. The second kappa shape index (κ2) is 8.62. The molecule has 0 radical (unpaired) electrons. The number of carbonyl (C=O) groups is 3. The molecule has 0 aliphatic heterocycles. The highest BCUT2D eigenvalue weighted by molar-refractivity contribution is 7.16.